The van der Waals surface area contributed by atoms with Crippen molar-refractivity contribution >= 4 is 23.0 Å². The highest BCUT2D eigenvalue weighted by molar-refractivity contribution is 6.30. The maximum absolute atomic E-state index is 11.5. The monoisotopic (exact) mass is 631 g/mol. The molecule has 3 atom stereocenters. The Bertz CT molecular complexity index is 1800. The van der Waals surface area contributed by atoms with Crippen molar-refractivity contribution in [3.8, 4) is 17.9 Å². The predicted octanol–water partition coefficient (Wildman–Crippen LogP) is 6.69. The topological polar surface area (TPSA) is 108 Å². The number of nitriles is 2. The molecule has 4 aromatic rings. The van der Waals surface area contributed by atoms with Crippen LogP contribution in [-0.2, 0) is 11.2 Å². The molecule has 0 aliphatic carbocycles. The lowest BCUT2D eigenvalue weighted by atomic mass is 9.93. The number of anilines is 1. The van der Waals surface area contributed by atoms with Gasteiger partial charge in [-0.2, -0.15) is 10.5 Å². The molecular weight excluding hydrogens is 598 g/mol. The number of β-amino-alcohol motifs (C(OH)–C–C–N with tert-alkyl or cyclic N) is 1. The first-order chi connectivity index (χ1) is 22.0. The zero-order chi connectivity index (χ0) is 32.9. The second-order valence-corrected chi connectivity index (χ2v) is 12.4. The van der Waals surface area contributed by atoms with Crippen LogP contribution in [0.3, 0.4) is 0 Å². The molecule has 0 saturated carbocycles. The molecule has 0 aromatic heterocycles. The van der Waals surface area contributed by atoms with E-state index in [1.165, 1.54) is 0 Å². The molecule has 0 bridgehead atoms. The van der Waals surface area contributed by atoms with Crippen LogP contribution in [0.4, 0.5) is 11.4 Å². The first kappa shape index (κ1) is 32.5. The Morgan fingerprint density at radius 2 is 1.54 bits per heavy atom. The smallest absolute Gasteiger partial charge is 0.187 e. The molecule has 5 rings (SSSR count). The van der Waals surface area contributed by atoms with Gasteiger partial charge in [0.05, 0.1) is 41.1 Å². The van der Waals surface area contributed by atoms with Gasteiger partial charge in [0, 0.05) is 31.2 Å². The molecular formula is C37H34ClN5O3. The van der Waals surface area contributed by atoms with Crippen molar-refractivity contribution in [1.82, 2.24) is 4.90 Å². The first-order valence-electron chi connectivity index (χ1n) is 14.9. The van der Waals surface area contributed by atoms with Crippen LogP contribution >= 0.6 is 11.6 Å². The molecule has 1 fully saturated rings. The summed E-state index contributed by atoms with van der Waals surface area (Å²) in [6.45, 7) is 12.8. The molecule has 46 heavy (non-hydrogen) atoms. The summed E-state index contributed by atoms with van der Waals surface area (Å²) in [5, 5.41) is 42.4. The minimum atomic E-state index is -1.31. The summed E-state index contributed by atoms with van der Waals surface area (Å²) >= 11 is 6.23. The second kappa shape index (κ2) is 13.6. The number of nitrogens with zero attached hydrogens (tertiary/aromatic N) is 5. The fourth-order valence-corrected chi connectivity index (χ4v) is 5.95. The Morgan fingerprint density at radius 1 is 0.891 bits per heavy atom. The Kier molecular flexibility index (Phi) is 9.63. The van der Waals surface area contributed by atoms with Crippen molar-refractivity contribution in [1.29, 1.82) is 10.5 Å². The Labute approximate surface area is 274 Å². The lowest BCUT2D eigenvalue weighted by molar-refractivity contribution is 0.00759. The van der Waals surface area contributed by atoms with Crippen molar-refractivity contribution in [3.05, 3.63) is 135 Å². The Balaban J connectivity index is 1.36. The zero-order valence-corrected chi connectivity index (χ0v) is 26.4. The van der Waals surface area contributed by atoms with Gasteiger partial charge >= 0.3 is 0 Å². The molecule has 0 spiro atoms. The number of ether oxygens (including phenoxy) is 1. The van der Waals surface area contributed by atoms with E-state index in [9.17, 15) is 15.5 Å². The van der Waals surface area contributed by atoms with Crippen molar-refractivity contribution in [2.45, 2.75) is 31.1 Å². The quantitative estimate of drug-likeness (QED) is 0.198. The second-order valence-electron chi connectivity index (χ2n) is 12.0. The molecule has 1 saturated heterocycles. The third-order valence-corrected chi connectivity index (χ3v) is 8.67. The van der Waals surface area contributed by atoms with Gasteiger partial charge in [-0.1, -0.05) is 60.1 Å². The number of halogens is 1. The fourth-order valence-electron chi connectivity index (χ4n) is 5.82. The van der Waals surface area contributed by atoms with Gasteiger partial charge in [-0.25, -0.2) is 4.85 Å². The van der Waals surface area contributed by atoms with Crippen LogP contribution in [0.5, 0.6) is 5.75 Å². The molecule has 9 heteroatoms. The molecule has 232 valence electrons. The Morgan fingerprint density at radius 3 is 2.17 bits per heavy atom. The molecule has 4 aromatic carbocycles. The number of aliphatic hydroxyl groups is 2. The SMILES string of the molecule is [C-]#[N+]c1ccc([C@](C)(O)CN2CCN(c3ccc(OC[C@@](C)(O)c4ccc(C#N)cc4)cc3C#N)[C@H](c3ccc(Cl)cc3)C2)cc1. The van der Waals surface area contributed by atoms with Crippen LogP contribution in [0.15, 0.2) is 91.0 Å². The molecule has 1 aliphatic rings. The third kappa shape index (κ3) is 7.32. The van der Waals surface area contributed by atoms with Crippen molar-refractivity contribution in [2.75, 3.05) is 37.7 Å². The average molecular weight is 632 g/mol. The average Bonchev–Trinajstić information content (AvgIpc) is 3.07. The molecule has 0 amide bonds. The number of benzene rings is 4. The van der Waals surface area contributed by atoms with E-state index in [-0.39, 0.29) is 12.6 Å². The molecule has 1 aliphatic heterocycles. The highest BCUT2D eigenvalue weighted by atomic mass is 35.5. The number of hydrogen-bond acceptors (Lipinski definition) is 7. The van der Waals surface area contributed by atoms with Gasteiger partial charge < -0.3 is 19.8 Å². The van der Waals surface area contributed by atoms with E-state index >= 15 is 0 Å². The van der Waals surface area contributed by atoms with Crippen molar-refractivity contribution in [3.63, 3.8) is 0 Å². The van der Waals surface area contributed by atoms with Gasteiger partial charge in [0.25, 0.3) is 0 Å². The molecule has 1 heterocycles. The van der Waals surface area contributed by atoms with Crippen LogP contribution in [0.2, 0.25) is 5.02 Å². The highest BCUT2D eigenvalue weighted by Crippen LogP contribution is 2.36. The van der Waals surface area contributed by atoms with Crippen LogP contribution in [-0.4, -0.2) is 47.9 Å². The lowest BCUT2D eigenvalue weighted by Gasteiger charge is -2.45. The van der Waals surface area contributed by atoms with Crippen LogP contribution in [0.25, 0.3) is 4.85 Å². The molecule has 0 radical (unpaired) electrons. The normalized spacial score (nSPS) is 17.5. The van der Waals surface area contributed by atoms with E-state index in [4.69, 9.17) is 28.2 Å². The Hall–Kier alpha value is -4.88. The van der Waals surface area contributed by atoms with Gasteiger partial charge in [0.15, 0.2) is 5.69 Å². The first-order valence-corrected chi connectivity index (χ1v) is 15.3. The summed E-state index contributed by atoms with van der Waals surface area (Å²) in [6.07, 6.45) is 0. The van der Waals surface area contributed by atoms with E-state index < -0.39 is 11.2 Å². The molecule has 8 nitrogen and oxygen atoms in total. The maximum atomic E-state index is 11.5. The van der Waals surface area contributed by atoms with Gasteiger partial charge in [-0.05, 0) is 73.0 Å². The summed E-state index contributed by atoms with van der Waals surface area (Å²) in [5.41, 5.74) is 2.17. The fraction of sp³-hybridized carbons (Fsp3) is 0.270. The minimum absolute atomic E-state index is 0.0459. The summed E-state index contributed by atoms with van der Waals surface area (Å²) in [5.74, 6) is 0.455. The van der Waals surface area contributed by atoms with E-state index in [1.807, 2.05) is 30.3 Å². The summed E-state index contributed by atoms with van der Waals surface area (Å²) < 4.78 is 5.97. The maximum Gasteiger partial charge on any atom is 0.187 e. The third-order valence-electron chi connectivity index (χ3n) is 8.42. The minimum Gasteiger partial charge on any atom is -0.490 e. The van der Waals surface area contributed by atoms with E-state index in [1.54, 1.807) is 74.5 Å². The largest absolute Gasteiger partial charge is 0.490 e. The van der Waals surface area contributed by atoms with Gasteiger partial charge in [0.2, 0.25) is 0 Å². The van der Waals surface area contributed by atoms with Crippen molar-refractivity contribution in [2.24, 2.45) is 0 Å². The predicted molar refractivity (Wildman–Crippen MR) is 178 cm³/mol. The van der Waals surface area contributed by atoms with Gasteiger partial charge in [0.1, 0.15) is 24.0 Å². The number of piperazine rings is 1. The summed E-state index contributed by atoms with van der Waals surface area (Å²) in [6, 6.07) is 31.0. The van der Waals surface area contributed by atoms with E-state index in [0.717, 1.165) is 16.8 Å². The number of rotatable bonds is 9. The van der Waals surface area contributed by atoms with Gasteiger partial charge in [-0.15, -0.1) is 0 Å². The zero-order valence-electron chi connectivity index (χ0n) is 25.7. The van der Waals surface area contributed by atoms with E-state index in [2.05, 4.69) is 26.8 Å². The van der Waals surface area contributed by atoms with Crippen molar-refractivity contribution < 1.29 is 14.9 Å². The number of hydrogen-bond donors (Lipinski definition) is 2. The molecule has 2 N–H and O–H groups in total. The van der Waals surface area contributed by atoms with Crippen LogP contribution < -0.4 is 9.64 Å². The summed E-state index contributed by atoms with van der Waals surface area (Å²) in [7, 11) is 0. The summed E-state index contributed by atoms with van der Waals surface area (Å²) in [4.78, 5) is 7.86. The van der Waals surface area contributed by atoms with Gasteiger partial charge in [-0.3, -0.25) is 4.90 Å². The van der Waals surface area contributed by atoms with Crippen LogP contribution in [0.1, 0.15) is 47.7 Å². The standard InChI is InChI=1S/C37H34ClN5O3/c1-36(44,29-10-14-32(41-3)15-11-29)24-42-18-19-43(35(23-42)27-6-12-31(38)13-7-27)34-17-16-33(20-28(34)22-40)46-25-37(2,45)30-8-4-26(21-39)5-9-30/h4-17,20,35,44-45H,18-19,23-25H2,1-2H3/t35-,36+,37+/m0/s1. The van der Waals surface area contributed by atoms with Crippen LogP contribution in [0, 0.1) is 29.2 Å². The molecule has 0 unspecified atom stereocenters. The lowest BCUT2D eigenvalue weighted by Crippen LogP contribution is -2.52. The van der Waals surface area contributed by atoms with E-state index in [0.29, 0.717) is 59.3 Å². The highest BCUT2D eigenvalue weighted by Gasteiger charge is 2.34.